The van der Waals surface area contributed by atoms with Gasteiger partial charge in [-0.15, -0.1) is 11.3 Å². The highest BCUT2D eigenvalue weighted by Gasteiger charge is 2.09. The molecule has 0 aliphatic heterocycles. The van der Waals surface area contributed by atoms with E-state index >= 15 is 0 Å². The predicted molar refractivity (Wildman–Crippen MR) is 72.6 cm³/mol. The number of nitrogens with two attached hydrogens (primary N) is 1. The molecule has 17 heavy (non-hydrogen) atoms. The number of ether oxygens (including phenoxy) is 1. The van der Waals surface area contributed by atoms with Crippen molar-refractivity contribution in [2.24, 2.45) is 5.73 Å². The third-order valence-electron chi connectivity index (χ3n) is 2.78. The number of thiophene rings is 1. The fraction of sp³-hybridized carbons (Fsp3) is 0.286. The molecule has 1 aromatic carbocycles. The fourth-order valence-electron chi connectivity index (χ4n) is 1.74. The van der Waals surface area contributed by atoms with Crippen molar-refractivity contribution < 1.29 is 4.74 Å². The van der Waals surface area contributed by atoms with Gasteiger partial charge in [0.1, 0.15) is 5.75 Å². The van der Waals surface area contributed by atoms with E-state index in [9.17, 15) is 0 Å². The van der Waals surface area contributed by atoms with Crippen LogP contribution in [0.3, 0.4) is 0 Å². The zero-order valence-corrected chi connectivity index (χ0v) is 10.7. The highest BCUT2D eigenvalue weighted by Crippen LogP contribution is 2.27. The van der Waals surface area contributed by atoms with E-state index in [-0.39, 0.29) is 6.04 Å². The molecule has 0 aliphatic rings. The third kappa shape index (κ3) is 3.32. The Hall–Kier alpha value is -1.32. The molecule has 3 heteroatoms. The van der Waals surface area contributed by atoms with Crippen LogP contribution in [0.1, 0.15) is 22.9 Å². The lowest BCUT2D eigenvalue weighted by Crippen LogP contribution is -2.09. The Kier molecular flexibility index (Phi) is 4.18. The van der Waals surface area contributed by atoms with E-state index < -0.39 is 0 Å². The van der Waals surface area contributed by atoms with Crippen molar-refractivity contribution in [1.29, 1.82) is 0 Å². The Morgan fingerprint density at radius 2 is 2.06 bits per heavy atom. The molecule has 2 N–H and O–H groups in total. The molecular weight excluding hydrogens is 230 g/mol. The van der Waals surface area contributed by atoms with Crippen LogP contribution in [0.5, 0.6) is 5.75 Å². The van der Waals surface area contributed by atoms with E-state index in [1.54, 1.807) is 18.4 Å². The standard InChI is InChI=1S/C14H17NOS/c1-16-12-9-14(17-10-12)13(15)8-7-11-5-3-2-4-6-11/h2-6,9-10,13H,7-8,15H2,1H3. The van der Waals surface area contributed by atoms with E-state index in [4.69, 9.17) is 10.5 Å². The molecule has 1 atom stereocenters. The lowest BCUT2D eigenvalue weighted by atomic mass is 10.0. The van der Waals surface area contributed by atoms with Gasteiger partial charge in [0, 0.05) is 16.3 Å². The van der Waals surface area contributed by atoms with E-state index in [2.05, 4.69) is 24.3 Å². The summed E-state index contributed by atoms with van der Waals surface area (Å²) in [5.74, 6) is 0.903. The van der Waals surface area contributed by atoms with E-state index in [1.807, 2.05) is 17.5 Å². The van der Waals surface area contributed by atoms with Gasteiger partial charge in [0.25, 0.3) is 0 Å². The minimum Gasteiger partial charge on any atom is -0.496 e. The summed E-state index contributed by atoms with van der Waals surface area (Å²) in [6.45, 7) is 0. The molecule has 1 unspecified atom stereocenters. The van der Waals surface area contributed by atoms with Gasteiger partial charge in [0.2, 0.25) is 0 Å². The normalized spacial score (nSPS) is 12.4. The highest BCUT2D eigenvalue weighted by molar-refractivity contribution is 7.10. The number of hydrogen-bond acceptors (Lipinski definition) is 3. The monoisotopic (exact) mass is 247 g/mol. The molecule has 0 radical (unpaired) electrons. The molecule has 0 amide bonds. The lowest BCUT2D eigenvalue weighted by Gasteiger charge is -2.09. The predicted octanol–water partition coefficient (Wildman–Crippen LogP) is 3.39. The first-order valence-electron chi connectivity index (χ1n) is 5.71. The van der Waals surface area contributed by atoms with Gasteiger partial charge in [-0.3, -0.25) is 0 Å². The minimum absolute atomic E-state index is 0.101. The zero-order chi connectivity index (χ0) is 12.1. The molecule has 0 fully saturated rings. The summed E-state index contributed by atoms with van der Waals surface area (Å²) >= 11 is 1.67. The van der Waals surface area contributed by atoms with Crippen LogP contribution in [0, 0.1) is 0 Å². The van der Waals surface area contributed by atoms with Crippen LogP contribution >= 0.6 is 11.3 Å². The maximum atomic E-state index is 6.17. The maximum Gasteiger partial charge on any atom is 0.129 e. The zero-order valence-electron chi connectivity index (χ0n) is 9.93. The Morgan fingerprint density at radius 1 is 1.29 bits per heavy atom. The van der Waals surface area contributed by atoms with Crippen molar-refractivity contribution >= 4 is 11.3 Å². The van der Waals surface area contributed by atoms with E-state index in [0.29, 0.717) is 0 Å². The number of methoxy groups -OCH3 is 1. The van der Waals surface area contributed by atoms with Gasteiger partial charge in [-0.1, -0.05) is 30.3 Å². The van der Waals surface area contributed by atoms with Gasteiger partial charge in [0.05, 0.1) is 7.11 Å². The van der Waals surface area contributed by atoms with Crippen molar-refractivity contribution in [3.05, 3.63) is 52.2 Å². The van der Waals surface area contributed by atoms with E-state index in [1.165, 1.54) is 10.4 Å². The number of rotatable bonds is 5. The Labute approximate surface area is 106 Å². The average molecular weight is 247 g/mol. The summed E-state index contributed by atoms with van der Waals surface area (Å²) in [5, 5.41) is 2.00. The summed E-state index contributed by atoms with van der Waals surface area (Å²) in [6.07, 6.45) is 1.98. The Balaban J connectivity index is 1.91. The van der Waals surface area contributed by atoms with Crippen molar-refractivity contribution in [2.75, 3.05) is 7.11 Å². The molecule has 0 saturated heterocycles. The first-order chi connectivity index (χ1) is 8.29. The second kappa shape index (κ2) is 5.84. The summed E-state index contributed by atoms with van der Waals surface area (Å²) in [4.78, 5) is 1.19. The average Bonchev–Trinajstić information content (AvgIpc) is 2.86. The van der Waals surface area contributed by atoms with Crippen LogP contribution in [0.2, 0.25) is 0 Å². The smallest absolute Gasteiger partial charge is 0.129 e. The Morgan fingerprint density at radius 3 is 2.71 bits per heavy atom. The van der Waals surface area contributed by atoms with Crippen LogP contribution in [-0.2, 0) is 6.42 Å². The molecule has 2 aromatic rings. The summed E-state index contributed by atoms with van der Waals surface area (Å²) < 4.78 is 5.16. The highest BCUT2D eigenvalue weighted by atomic mass is 32.1. The topological polar surface area (TPSA) is 35.2 Å². The minimum atomic E-state index is 0.101. The third-order valence-corrected chi connectivity index (χ3v) is 3.83. The lowest BCUT2D eigenvalue weighted by molar-refractivity contribution is 0.416. The van der Waals surface area contributed by atoms with Crippen LogP contribution in [0.25, 0.3) is 0 Å². The van der Waals surface area contributed by atoms with E-state index in [0.717, 1.165) is 18.6 Å². The van der Waals surface area contributed by atoms with Gasteiger partial charge in [-0.25, -0.2) is 0 Å². The number of hydrogen-bond donors (Lipinski definition) is 1. The first kappa shape index (κ1) is 12.1. The molecule has 1 aromatic heterocycles. The van der Waals surface area contributed by atoms with Crippen molar-refractivity contribution in [3.8, 4) is 5.75 Å². The fourth-order valence-corrected chi connectivity index (χ4v) is 2.64. The van der Waals surface area contributed by atoms with Crippen molar-refractivity contribution in [3.63, 3.8) is 0 Å². The molecule has 1 heterocycles. The largest absolute Gasteiger partial charge is 0.496 e. The molecule has 2 nitrogen and oxygen atoms in total. The summed E-state index contributed by atoms with van der Waals surface area (Å²) in [5.41, 5.74) is 7.51. The van der Waals surface area contributed by atoms with Crippen LogP contribution < -0.4 is 10.5 Å². The van der Waals surface area contributed by atoms with Gasteiger partial charge < -0.3 is 10.5 Å². The molecule has 90 valence electrons. The van der Waals surface area contributed by atoms with Gasteiger partial charge in [-0.2, -0.15) is 0 Å². The van der Waals surface area contributed by atoms with Crippen LogP contribution in [0.4, 0.5) is 0 Å². The summed E-state index contributed by atoms with van der Waals surface area (Å²) in [7, 11) is 1.68. The Bertz CT molecular complexity index is 452. The number of benzene rings is 1. The quantitative estimate of drug-likeness (QED) is 0.879. The molecule has 0 bridgehead atoms. The SMILES string of the molecule is COc1csc(C(N)CCc2ccccc2)c1. The van der Waals surface area contributed by atoms with Crippen molar-refractivity contribution in [1.82, 2.24) is 0 Å². The second-order valence-electron chi connectivity index (χ2n) is 4.02. The first-order valence-corrected chi connectivity index (χ1v) is 6.59. The number of aryl methyl sites for hydroxylation is 1. The van der Waals surface area contributed by atoms with Crippen LogP contribution in [0.15, 0.2) is 41.8 Å². The molecule has 0 spiro atoms. The van der Waals surface area contributed by atoms with Gasteiger partial charge in [0.15, 0.2) is 0 Å². The second-order valence-corrected chi connectivity index (χ2v) is 4.96. The van der Waals surface area contributed by atoms with Gasteiger partial charge in [-0.05, 0) is 24.5 Å². The molecule has 0 aliphatic carbocycles. The molecular formula is C14H17NOS. The van der Waals surface area contributed by atoms with Crippen molar-refractivity contribution in [2.45, 2.75) is 18.9 Å². The molecule has 0 saturated carbocycles. The maximum absolute atomic E-state index is 6.17. The van der Waals surface area contributed by atoms with Gasteiger partial charge >= 0.3 is 0 Å². The molecule has 2 rings (SSSR count). The van der Waals surface area contributed by atoms with Crippen LogP contribution in [-0.4, -0.2) is 7.11 Å². The summed E-state index contributed by atoms with van der Waals surface area (Å²) in [6, 6.07) is 12.6.